The van der Waals surface area contributed by atoms with Crippen LogP contribution < -0.4 is 4.74 Å². The third-order valence-corrected chi connectivity index (χ3v) is 11.6. The van der Waals surface area contributed by atoms with Gasteiger partial charge in [-0.2, -0.15) is 26.3 Å². The number of amides is 1. The number of fused-ring (bicyclic) bond motifs is 3. The molecule has 2 aromatic rings. The normalized spacial score (nSPS) is 24.5. The van der Waals surface area contributed by atoms with Crippen LogP contribution in [0, 0.1) is 5.82 Å². The van der Waals surface area contributed by atoms with E-state index in [4.69, 9.17) is 4.74 Å². The van der Waals surface area contributed by atoms with Crippen molar-refractivity contribution >= 4 is 25.0 Å². The second kappa shape index (κ2) is 9.52. The molecule has 0 N–H and O–H groups in total. The molecule has 2 aliphatic heterocycles. The second-order valence-corrected chi connectivity index (χ2v) is 14.0. The van der Waals surface area contributed by atoms with Gasteiger partial charge >= 0.3 is 18.0 Å². The van der Waals surface area contributed by atoms with Gasteiger partial charge in [0.1, 0.15) is 17.7 Å². The summed E-state index contributed by atoms with van der Waals surface area (Å²) >= 11 is 0. The summed E-state index contributed by atoms with van der Waals surface area (Å²) in [5, 5.41) is -0.877. The predicted molar refractivity (Wildman–Crippen MR) is 133 cm³/mol. The molecule has 1 amide bonds. The van der Waals surface area contributed by atoms with Crippen molar-refractivity contribution in [1.82, 2.24) is 4.90 Å². The number of likely N-dealkylation sites (tertiary alicyclic amines) is 1. The minimum atomic E-state index is -6.39. The number of sulfone groups is 1. The van der Waals surface area contributed by atoms with Crippen molar-refractivity contribution in [3.8, 4) is 5.75 Å². The van der Waals surface area contributed by atoms with Crippen LogP contribution in [0.15, 0.2) is 47.4 Å². The topological polar surface area (TPSA) is 63.7 Å². The monoisotopic (exact) mass is 629 g/mol. The zero-order chi connectivity index (χ0) is 30.2. The Morgan fingerprint density at radius 3 is 2.07 bits per heavy atom. The molecule has 15 heteroatoms. The molecule has 3 atom stereocenters. The van der Waals surface area contributed by atoms with E-state index in [-0.39, 0.29) is 30.1 Å². The molecule has 0 spiro atoms. The molecule has 0 radical (unpaired) electrons. The van der Waals surface area contributed by atoms with Crippen molar-refractivity contribution in [3.63, 3.8) is 0 Å². The summed E-state index contributed by atoms with van der Waals surface area (Å²) in [5.41, 5.74) is -7.91. The Morgan fingerprint density at radius 1 is 0.927 bits per heavy atom. The summed E-state index contributed by atoms with van der Waals surface area (Å²) in [6.45, 7) is -0.878. The van der Waals surface area contributed by atoms with E-state index >= 15 is 0 Å². The number of alkyl halides is 7. The first-order valence-electron chi connectivity index (χ1n) is 12.6. The Labute approximate surface area is 232 Å². The van der Waals surface area contributed by atoms with E-state index in [9.17, 15) is 48.3 Å². The molecule has 1 saturated carbocycles. The van der Waals surface area contributed by atoms with E-state index < -0.39 is 72.4 Å². The minimum absolute atomic E-state index is 0.209. The van der Waals surface area contributed by atoms with Crippen LogP contribution in [0.1, 0.15) is 43.2 Å². The highest BCUT2D eigenvalue weighted by molar-refractivity contribution is 7.92. The van der Waals surface area contributed by atoms with Crippen molar-refractivity contribution in [3.05, 3.63) is 59.4 Å². The van der Waals surface area contributed by atoms with Crippen LogP contribution in [0.25, 0.3) is 0 Å². The van der Waals surface area contributed by atoms with Crippen molar-refractivity contribution in [1.29, 1.82) is 0 Å². The molecule has 2 aromatic carbocycles. The van der Waals surface area contributed by atoms with E-state index in [2.05, 4.69) is 9.24 Å². The lowest BCUT2D eigenvalue weighted by atomic mass is 9.87. The molecule has 0 aromatic heterocycles. The number of ether oxygens (including phenoxy) is 1. The summed E-state index contributed by atoms with van der Waals surface area (Å²) in [6, 6.07) is 4.79. The van der Waals surface area contributed by atoms with Crippen molar-refractivity contribution in [2.24, 2.45) is 0 Å². The highest BCUT2D eigenvalue weighted by atomic mass is 32.2. The molecule has 1 saturated heterocycles. The van der Waals surface area contributed by atoms with E-state index in [0.29, 0.717) is 18.9 Å². The zero-order valence-corrected chi connectivity index (χ0v) is 23.1. The Morgan fingerprint density at radius 2 is 1.51 bits per heavy atom. The summed E-state index contributed by atoms with van der Waals surface area (Å²) in [6.07, 6.45) is -10.7. The molecule has 5 nitrogen and oxygen atoms in total. The number of nitrogens with zero attached hydrogens (tertiary/aromatic N) is 1. The SMILES string of the molecule is O=C(N1CC2Oc3cc(C(F)(C(F)(F)F)C(F)(F)F)ccc3C2(S(=O)(=O)c2ccc(F)cc2)C1)C1(P)CCCCC1. The van der Waals surface area contributed by atoms with E-state index in [0.717, 1.165) is 43.5 Å². The van der Waals surface area contributed by atoms with Gasteiger partial charge in [-0.25, -0.2) is 17.2 Å². The summed E-state index contributed by atoms with van der Waals surface area (Å²) in [4.78, 5) is 14.5. The molecule has 2 heterocycles. The second-order valence-electron chi connectivity index (χ2n) is 10.7. The van der Waals surface area contributed by atoms with E-state index in [1.165, 1.54) is 4.90 Å². The maximum absolute atomic E-state index is 14.8. The number of hydrogen-bond acceptors (Lipinski definition) is 4. The van der Waals surface area contributed by atoms with Gasteiger partial charge in [-0.05, 0) is 43.2 Å². The van der Waals surface area contributed by atoms with Crippen LogP contribution in [0.4, 0.5) is 35.1 Å². The van der Waals surface area contributed by atoms with Crippen molar-refractivity contribution in [2.45, 2.75) is 71.0 Å². The maximum Gasteiger partial charge on any atom is 0.435 e. The maximum atomic E-state index is 14.8. The van der Waals surface area contributed by atoms with Crippen molar-refractivity contribution in [2.75, 3.05) is 13.1 Å². The van der Waals surface area contributed by atoms with Gasteiger partial charge < -0.3 is 9.64 Å². The lowest BCUT2D eigenvalue weighted by molar-refractivity contribution is -0.348. The number of carbonyl (C=O) groups excluding carboxylic acids is 1. The van der Waals surface area contributed by atoms with E-state index in [1.807, 2.05) is 0 Å². The molecule has 1 aliphatic carbocycles. The number of hydrogen-bond donors (Lipinski definition) is 0. The number of carbonyl (C=O) groups is 1. The van der Waals surface area contributed by atoms with Crippen LogP contribution in [-0.4, -0.2) is 55.9 Å². The first-order chi connectivity index (χ1) is 18.9. The average Bonchev–Trinajstić information content (AvgIpc) is 3.41. The fourth-order valence-corrected chi connectivity index (χ4v) is 8.87. The summed E-state index contributed by atoms with van der Waals surface area (Å²) < 4.78 is 141. The Bertz CT molecular complexity index is 1460. The lowest BCUT2D eigenvalue weighted by Gasteiger charge is -2.36. The number of rotatable bonds is 4. The van der Waals surface area contributed by atoms with Gasteiger partial charge in [-0.3, -0.25) is 4.79 Å². The molecular formula is C26H24F8NO4PS. The smallest absolute Gasteiger partial charge is 0.435 e. The van der Waals surface area contributed by atoms with E-state index in [1.54, 1.807) is 0 Å². The predicted octanol–water partition coefficient (Wildman–Crippen LogP) is 5.97. The quantitative estimate of drug-likeness (QED) is 0.238. The first-order valence-corrected chi connectivity index (χ1v) is 14.7. The summed E-state index contributed by atoms with van der Waals surface area (Å²) in [5.74, 6) is -1.82. The fourth-order valence-electron chi connectivity index (χ4n) is 6.11. The molecule has 2 fully saturated rings. The molecule has 3 unspecified atom stereocenters. The lowest BCUT2D eigenvalue weighted by Crippen LogP contribution is -2.50. The molecule has 5 rings (SSSR count). The molecule has 224 valence electrons. The van der Waals surface area contributed by atoms with Gasteiger partial charge in [0.2, 0.25) is 5.91 Å². The minimum Gasteiger partial charge on any atom is -0.486 e. The average molecular weight is 630 g/mol. The van der Waals surface area contributed by atoms with Crippen LogP contribution in [0.5, 0.6) is 5.75 Å². The number of benzene rings is 2. The molecular weight excluding hydrogens is 605 g/mol. The highest BCUT2D eigenvalue weighted by Gasteiger charge is 2.74. The standard InChI is InChI=1S/C26H24F8NO4PS/c27-16-5-7-17(8-6-16)41(37,38)23-14-35(21(36)22(40)10-2-1-3-11-22)13-20(23)39-19-12-15(4-9-18(19)23)24(28,25(29,30)31)26(32,33)34/h4-9,12,20H,1-3,10-11,13-14,40H2. The number of halogens is 8. The van der Waals surface area contributed by atoms with Gasteiger partial charge in [-0.15, -0.1) is 9.24 Å². The Hall–Kier alpha value is -2.47. The van der Waals surface area contributed by atoms with Crippen LogP contribution in [0.2, 0.25) is 0 Å². The van der Waals surface area contributed by atoms with Crippen molar-refractivity contribution < 1.29 is 53.1 Å². The molecule has 41 heavy (non-hydrogen) atoms. The van der Waals surface area contributed by atoms with Gasteiger partial charge in [0, 0.05) is 17.7 Å². The Kier molecular flexibility index (Phi) is 6.97. The van der Waals surface area contributed by atoms with Gasteiger partial charge in [0.15, 0.2) is 14.6 Å². The first kappa shape index (κ1) is 30.0. The third-order valence-electron chi connectivity index (χ3n) is 8.28. The van der Waals surface area contributed by atoms with Gasteiger partial charge in [0.25, 0.3) is 0 Å². The van der Waals surface area contributed by atoms with Gasteiger partial charge in [-0.1, -0.05) is 31.4 Å². The molecule has 3 aliphatic rings. The zero-order valence-electron chi connectivity index (χ0n) is 21.2. The van der Waals surface area contributed by atoms with Crippen LogP contribution >= 0.6 is 9.24 Å². The van der Waals surface area contributed by atoms with Gasteiger partial charge in [0.05, 0.1) is 16.6 Å². The largest absolute Gasteiger partial charge is 0.486 e. The Balaban J connectivity index is 1.65. The fraction of sp³-hybridized carbons (Fsp3) is 0.500. The molecule has 0 bridgehead atoms. The highest BCUT2D eigenvalue weighted by Crippen LogP contribution is 2.58. The third kappa shape index (κ3) is 4.34. The summed E-state index contributed by atoms with van der Waals surface area (Å²) in [7, 11) is -2.09. The van der Waals surface area contributed by atoms with Crippen LogP contribution in [-0.2, 0) is 25.0 Å². The van der Waals surface area contributed by atoms with Crippen LogP contribution in [0.3, 0.4) is 0 Å².